The quantitative estimate of drug-likeness (QED) is 0.710. The number of benzene rings is 2. The van der Waals surface area contributed by atoms with Gasteiger partial charge in [0, 0.05) is 5.56 Å². The third kappa shape index (κ3) is 1.04. The molecule has 2 aromatic rings. The van der Waals surface area contributed by atoms with Crippen molar-refractivity contribution in [1.29, 1.82) is 0 Å². The van der Waals surface area contributed by atoms with Crippen molar-refractivity contribution in [1.82, 2.24) is 0 Å². The fourth-order valence-corrected chi connectivity index (χ4v) is 3.03. The van der Waals surface area contributed by atoms with Crippen molar-refractivity contribution in [3.05, 3.63) is 59.7 Å². The summed E-state index contributed by atoms with van der Waals surface area (Å²) in [6.45, 7) is 1.59. The number of fused-ring (bicyclic) bond motifs is 6. The molecule has 0 fully saturated rings. The second kappa shape index (κ2) is 3.09. The largest absolute Gasteiger partial charge is 0.346 e. The van der Waals surface area contributed by atoms with Crippen LogP contribution in [-0.4, -0.2) is 5.78 Å². The molecule has 0 amide bonds. The predicted octanol–water partition coefficient (Wildman–Crippen LogP) is 3.27. The molecule has 2 heteroatoms. The predicted molar refractivity (Wildman–Crippen MR) is 69.3 cm³/mol. The Kier molecular flexibility index (Phi) is 1.72. The van der Waals surface area contributed by atoms with Crippen molar-refractivity contribution in [2.75, 3.05) is 0 Å². The van der Waals surface area contributed by atoms with Crippen LogP contribution < -0.4 is 0 Å². The van der Waals surface area contributed by atoms with Gasteiger partial charge in [0.15, 0.2) is 11.4 Å². The third-order valence-electron chi connectivity index (χ3n) is 3.97. The van der Waals surface area contributed by atoms with Crippen molar-refractivity contribution in [2.45, 2.75) is 18.6 Å². The second-order valence-corrected chi connectivity index (χ2v) is 4.98. The molecule has 88 valence electrons. The lowest BCUT2D eigenvalue weighted by molar-refractivity contribution is -0.135. The molecular weight excluding hydrogens is 224 g/mol. The maximum absolute atomic E-state index is 11.9. The number of ketones is 1. The Hall–Kier alpha value is -1.93. The average molecular weight is 236 g/mol. The van der Waals surface area contributed by atoms with E-state index in [0.717, 1.165) is 16.5 Å². The number of ether oxygens (including phenoxy) is 1. The first kappa shape index (κ1) is 10.0. The fourth-order valence-electron chi connectivity index (χ4n) is 3.03. The number of hydrogen-bond donors (Lipinski definition) is 0. The molecule has 2 bridgehead atoms. The zero-order valence-corrected chi connectivity index (χ0v) is 10.0. The summed E-state index contributed by atoms with van der Waals surface area (Å²) >= 11 is 0. The van der Waals surface area contributed by atoms with E-state index in [1.165, 1.54) is 5.39 Å². The molecular formula is C16H12O2. The average Bonchev–Trinajstić information content (AvgIpc) is 2.95. The monoisotopic (exact) mass is 236 g/mol. The summed E-state index contributed by atoms with van der Waals surface area (Å²) in [6.07, 6.45) is 3.82. The lowest BCUT2D eigenvalue weighted by Gasteiger charge is -2.21. The van der Waals surface area contributed by atoms with Gasteiger partial charge in [0.25, 0.3) is 0 Å². The van der Waals surface area contributed by atoms with Gasteiger partial charge in [-0.15, -0.1) is 0 Å². The summed E-state index contributed by atoms with van der Waals surface area (Å²) in [5, 5.41) is 2.35. The van der Waals surface area contributed by atoms with E-state index < -0.39 is 5.60 Å². The molecule has 2 aliphatic rings. The first-order valence-corrected chi connectivity index (χ1v) is 6.12. The summed E-state index contributed by atoms with van der Waals surface area (Å²) in [6, 6.07) is 12.4. The van der Waals surface area contributed by atoms with Gasteiger partial charge in [-0.25, -0.2) is 0 Å². The smallest absolute Gasteiger partial charge is 0.171 e. The van der Waals surface area contributed by atoms with Crippen molar-refractivity contribution >= 4 is 16.6 Å². The number of rotatable bonds is 1. The number of hydrogen-bond acceptors (Lipinski definition) is 2. The van der Waals surface area contributed by atoms with Crippen LogP contribution >= 0.6 is 0 Å². The van der Waals surface area contributed by atoms with E-state index in [4.69, 9.17) is 4.74 Å². The molecule has 0 saturated heterocycles. The summed E-state index contributed by atoms with van der Waals surface area (Å²) in [4.78, 5) is 11.9. The van der Waals surface area contributed by atoms with Gasteiger partial charge in [-0.2, -0.15) is 0 Å². The third-order valence-corrected chi connectivity index (χ3v) is 3.97. The first-order chi connectivity index (χ1) is 8.71. The van der Waals surface area contributed by atoms with Gasteiger partial charge >= 0.3 is 0 Å². The van der Waals surface area contributed by atoms with Gasteiger partial charge in [-0.1, -0.05) is 30.3 Å². The molecule has 2 nitrogen and oxygen atoms in total. The standard InChI is InChI=1S/C16H12O2/c1-10(17)16-7-6-15(18-16)13-8-11-4-2-3-5-12(11)9-14(13)16/h2-9,15H,1H3. The Balaban J connectivity index is 2.07. The van der Waals surface area contributed by atoms with Crippen molar-refractivity contribution in [3.8, 4) is 0 Å². The fraction of sp³-hybridized carbons (Fsp3) is 0.188. The Labute approximate surface area is 105 Å². The summed E-state index contributed by atoms with van der Waals surface area (Å²) in [5.74, 6) is 0.0512. The van der Waals surface area contributed by atoms with Crippen molar-refractivity contribution < 1.29 is 9.53 Å². The van der Waals surface area contributed by atoms with Gasteiger partial charge in [0.1, 0.15) is 6.10 Å². The van der Waals surface area contributed by atoms with E-state index in [0.29, 0.717) is 0 Å². The topological polar surface area (TPSA) is 26.3 Å². The first-order valence-electron chi connectivity index (χ1n) is 6.12. The van der Waals surface area contributed by atoms with Crippen LogP contribution in [0.4, 0.5) is 0 Å². The Morgan fingerprint density at radius 1 is 1.22 bits per heavy atom. The van der Waals surface area contributed by atoms with Crippen LogP contribution in [-0.2, 0) is 15.1 Å². The molecule has 2 unspecified atom stereocenters. The van der Waals surface area contributed by atoms with E-state index in [9.17, 15) is 4.79 Å². The van der Waals surface area contributed by atoms with Crippen LogP contribution in [0.1, 0.15) is 24.2 Å². The molecule has 0 aliphatic carbocycles. The van der Waals surface area contributed by atoms with Gasteiger partial charge in [0.2, 0.25) is 0 Å². The zero-order chi connectivity index (χ0) is 12.3. The van der Waals surface area contributed by atoms with Crippen LogP contribution in [0.5, 0.6) is 0 Å². The van der Waals surface area contributed by atoms with Crippen LogP contribution in [0.3, 0.4) is 0 Å². The Morgan fingerprint density at radius 2 is 1.94 bits per heavy atom. The van der Waals surface area contributed by atoms with E-state index >= 15 is 0 Å². The molecule has 0 spiro atoms. The van der Waals surface area contributed by atoms with E-state index in [1.54, 1.807) is 6.92 Å². The normalized spacial score (nSPS) is 27.7. The van der Waals surface area contributed by atoms with Gasteiger partial charge in [0.05, 0.1) is 0 Å². The number of carbonyl (C=O) groups is 1. The van der Waals surface area contributed by atoms with E-state index in [2.05, 4.69) is 24.3 Å². The molecule has 2 atom stereocenters. The molecule has 2 aromatic carbocycles. The van der Waals surface area contributed by atoms with Crippen molar-refractivity contribution in [3.63, 3.8) is 0 Å². The second-order valence-electron chi connectivity index (χ2n) is 4.98. The Morgan fingerprint density at radius 3 is 2.67 bits per heavy atom. The highest BCUT2D eigenvalue weighted by Crippen LogP contribution is 2.51. The minimum Gasteiger partial charge on any atom is -0.346 e. The minimum atomic E-state index is -0.829. The van der Waals surface area contributed by atoms with Crippen LogP contribution in [0.2, 0.25) is 0 Å². The molecule has 18 heavy (non-hydrogen) atoms. The Bertz CT molecular complexity index is 714. The SMILES string of the molecule is CC(=O)C12C=CC(O1)c1cc3ccccc3cc12. The minimum absolute atomic E-state index is 0.0512. The zero-order valence-electron chi connectivity index (χ0n) is 10.0. The molecule has 2 aliphatic heterocycles. The van der Waals surface area contributed by atoms with Crippen LogP contribution in [0.15, 0.2) is 48.6 Å². The van der Waals surface area contributed by atoms with Gasteiger partial charge in [-0.3, -0.25) is 4.79 Å². The lowest BCUT2D eigenvalue weighted by Crippen LogP contribution is -2.29. The van der Waals surface area contributed by atoms with E-state index in [-0.39, 0.29) is 11.9 Å². The maximum atomic E-state index is 11.9. The summed E-state index contributed by atoms with van der Waals surface area (Å²) in [7, 11) is 0. The van der Waals surface area contributed by atoms with Gasteiger partial charge in [-0.05, 0) is 41.5 Å². The van der Waals surface area contributed by atoms with Crippen LogP contribution in [0.25, 0.3) is 10.8 Å². The summed E-state index contributed by atoms with van der Waals surface area (Å²) in [5.41, 5.74) is 1.32. The molecule has 2 heterocycles. The highest BCUT2D eigenvalue weighted by molar-refractivity contribution is 5.94. The molecule has 0 radical (unpaired) electrons. The molecule has 0 N–H and O–H groups in total. The van der Waals surface area contributed by atoms with Crippen LogP contribution in [0, 0.1) is 0 Å². The number of carbonyl (C=O) groups excluding carboxylic acids is 1. The van der Waals surface area contributed by atoms with Crippen molar-refractivity contribution in [2.24, 2.45) is 0 Å². The maximum Gasteiger partial charge on any atom is 0.171 e. The summed E-state index contributed by atoms with van der Waals surface area (Å²) < 4.78 is 5.90. The lowest BCUT2D eigenvalue weighted by atomic mass is 9.83. The highest BCUT2D eigenvalue weighted by atomic mass is 16.5. The van der Waals surface area contributed by atoms with E-state index in [1.807, 2.05) is 24.3 Å². The van der Waals surface area contributed by atoms with Gasteiger partial charge < -0.3 is 4.74 Å². The number of Topliss-reactive ketones (excluding diaryl/α,β-unsaturated/α-hetero) is 1. The highest BCUT2D eigenvalue weighted by Gasteiger charge is 2.50. The molecule has 0 aromatic heterocycles. The molecule has 4 rings (SSSR count). The molecule has 0 saturated carbocycles.